The van der Waals surface area contributed by atoms with Gasteiger partial charge in [-0.05, 0) is 24.7 Å². The van der Waals surface area contributed by atoms with Gasteiger partial charge < -0.3 is 19.7 Å². The lowest BCUT2D eigenvalue weighted by molar-refractivity contribution is 0.373. The molecule has 19 heavy (non-hydrogen) atoms. The van der Waals surface area contributed by atoms with Crippen molar-refractivity contribution in [1.29, 1.82) is 0 Å². The van der Waals surface area contributed by atoms with Crippen LogP contribution in [0.25, 0.3) is 11.4 Å². The quantitative estimate of drug-likeness (QED) is 0.771. The number of likely N-dealkylation sites (N-methyl/N-ethyl adjacent to an activating group) is 1. The molecule has 1 aromatic heterocycles. The van der Waals surface area contributed by atoms with E-state index < -0.39 is 0 Å². The Hall–Kier alpha value is -2.08. The number of phenols is 1. The molecule has 0 aliphatic heterocycles. The number of rotatable bonds is 6. The van der Waals surface area contributed by atoms with Gasteiger partial charge in [-0.1, -0.05) is 12.1 Å². The second-order valence-corrected chi connectivity index (χ2v) is 4.00. The zero-order valence-corrected chi connectivity index (χ0v) is 11.0. The summed E-state index contributed by atoms with van der Waals surface area (Å²) in [4.78, 5) is 4.30. The SMILES string of the molecule is CCNCCc1nc(-c2ccc(O)c(OC)c2)no1. The van der Waals surface area contributed by atoms with E-state index in [0.717, 1.165) is 18.7 Å². The zero-order chi connectivity index (χ0) is 13.7. The molecule has 0 amide bonds. The summed E-state index contributed by atoms with van der Waals surface area (Å²) in [5, 5.41) is 16.6. The Morgan fingerprint density at radius 2 is 2.26 bits per heavy atom. The number of hydrogen-bond acceptors (Lipinski definition) is 6. The summed E-state index contributed by atoms with van der Waals surface area (Å²) < 4.78 is 10.2. The topological polar surface area (TPSA) is 80.4 Å². The van der Waals surface area contributed by atoms with Crippen molar-refractivity contribution in [1.82, 2.24) is 15.5 Å². The van der Waals surface area contributed by atoms with Gasteiger partial charge in [-0.25, -0.2) is 0 Å². The van der Waals surface area contributed by atoms with Crippen molar-refractivity contribution in [2.75, 3.05) is 20.2 Å². The van der Waals surface area contributed by atoms with Crippen LogP contribution in [0.15, 0.2) is 22.7 Å². The zero-order valence-electron chi connectivity index (χ0n) is 11.0. The standard InChI is InChI=1S/C13H17N3O3/c1-3-14-7-6-12-15-13(16-19-12)9-4-5-10(17)11(8-9)18-2/h4-5,8,14,17H,3,6-7H2,1-2H3. The first kappa shape index (κ1) is 13.4. The van der Waals surface area contributed by atoms with E-state index in [2.05, 4.69) is 15.5 Å². The van der Waals surface area contributed by atoms with Crippen LogP contribution in [0.3, 0.4) is 0 Å². The predicted molar refractivity (Wildman–Crippen MR) is 70.2 cm³/mol. The third-order valence-electron chi connectivity index (χ3n) is 2.67. The van der Waals surface area contributed by atoms with Crippen LogP contribution in [0.2, 0.25) is 0 Å². The Kier molecular flexibility index (Phi) is 4.35. The highest BCUT2D eigenvalue weighted by Crippen LogP contribution is 2.30. The second kappa shape index (κ2) is 6.19. The number of nitrogens with zero attached hydrogens (tertiary/aromatic N) is 2. The number of benzene rings is 1. The van der Waals surface area contributed by atoms with E-state index in [1.807, 2.05) is 6.92 Å². The Morgan fingerprint density at radius 1 is 1.42 bits per heavy atom. The van der Waals surface area contributed by atoms with Crippen molar-refractivity contribution in [3.63, 3.8) is 0 Å². The van der Waals surface area contributed by atoms with Crippen molar-refractivity contribution < 1.29 is 14.4 Å². The van der Waals surface area contributed by atoms with Crippen LogP contribution in [0.1, 0.15) is 12.8 Å². The van der Waals surface area contributed by atoms with E-state index in [9.17, 15) is 5.11 Å². The summed E-state index contributed by atoms with van der Waals surface area (Å²) in [5.41, 5.74) is 0.744. The summed E-state index contributed by atoms with van der Waals surface area (Å²) in [6, 6.07) is 4.94. The van der Waals surface area contributed by atoms with E-state index in [-0.39, 0.29) is 5.75 Å². The molecule has 0 atom stereocenters. The third kappa shape index (κ3) is 3.23. The number of aromatic nitrogens is 2. The van der Waals surface area contributed by atoms with Crippen LogP contribution >= 0.6 is 0 Å². The predicted octanol–water partition coefficient (Wildman–Crippen LogP) is 1.60. The molecule has 0 radical (unpaired) electrons. The fraction of sp³-hybridized carbons (Fsp3) is 0.385. The first-order chi connectivity index (χ1) is 9.24. The number of ether oxygens (including phenoxy) is 1. The molecular formula is C13H17N3O3. The molecule has 0 fully saturated rings. The largest absolute Gasteiger partial charge is 0.504 e. The first-order valence-corrected chi connectivity index (χ1v) is 6.15. The Labute approximate surface area is 111 Å². The van der Waals surface area contributed by atoms with E-state index in [4.69, 9.17) is 9.26 Å². The molecule has 0 unspecified atom stereocenters. The van der Waals surface area contributed by atoms with Gasteiger partial charge in [-0.15, -0.1) is 0 Å². The molecule has 102 valence electrons. The lowest BCUT2D eigenvalue weighted by Gasteiger charge is -2.03. The second-order valence-electron chi connectivity index (χ2n) is 4.00. The normalized spacial score (nSPS) is 10.6. The van der Waals surface area contributed by atoms with Crippen LogP contribution in [0.4, 0.5) is 0 Å². The molecule has 2 rings (SSSR count). The van der Waals surface area contributed by atoms with E-state index in [0.29, 0.717) is 23.9 Å². The van der Waals surface area contributed by atoms with Crippen LogP contribution in [0, 0.1) is 0 Å². The van der Waals surface area contributed by atoms with Gasteiger partial charge in [0.1, 0.15) is 0 Å². The average molecular weight is 263 g/mol. The minimum absolute atomic E-state index is 0.0853. The van der Waals surface area contributed by atoms with Gasteiger partial charge in [0, 0.05) is 18.5 Å². The minimum atomic E-state index is 0.0853. The van der Waals surface area contributed by atoms with E-state index in [1.54, 1.807) is 18.2 Å². The summed E-state index contributed by atoms with van der Waals surface area (Å²) in [6.45, 7) is 3.76. The highest BCUT2D eigenvalue weighted by atomic mass is 16.5. The molecule has 6 heteroatoms. The minimum Gasteiger partial charge on any atom is -0.504 e. The summed E-state index contributed by atoms with van der Waals surface area (Å²) in [7, 11) is 1.50. The van der Waals surface area contributed by atoms with Gasteiger partial charge in [0.05, 0.1) is 7.11 Å². The van der Waals surface area contributed by atoms with Crippen molar-refractivity contribution >= 4 is 0 Å². The molecule has 2 aromatic rings. The maximum absolute atomic E-state index is 9.53. The number of phenolic OH excluding ortho intramolecular Hbond substituents is 1. The number of aromatic hydroxyl groups is 1. The molecule has 0 bridgehead atoms. The number of hydrogen-bond donors (Lipinski definition) is 2. The molecule has 2 N–H and O–H groups in total. The molecule has 0 saturated heterocycles. The van der Waals surface area contributed by atoms with E-state index >= 15 is 0 Å². The molecule has 0 aliphatic rings. The Bertz CT molecular complexity index is 540. The van der Waals surface area contributed by atoms with E-state index in [1.165, 1.54) is 7.11 Å². The monoisotopic (exact) mass is 263 g/mol. The molecule has 6 nitrogen and oxygen atoms in total. The number of methoxy groups -OCH3 is 1. The molecule has 1 heterocycles. The average Bonchev–Trinajstić information content (AvgIpc) is 2.88. The maximum atomic E-state index is 9.53. The molecular weight excluding hydrogens is 246 g/mol. The van der Waals surface area contributed by atoms with Crippen LogP contribution in [-0.4, -0.2) is 35.4 Å². The van der Waals surface area contributed by atoms with Gasteiger partial charge >= 0.3 is 0 Å². The van der Waals surface area contributed by atoms with Crippen LogP contribution in [-0.2, 0) is 6.42 Å². The van der Waals surface area contributed by atoms with Gasteiger partial charge in [0.15, 0.2) is 11.5 Å². The van der Waals surface area contributed by atoms with Gasteiger partial charge in [-0.2, -0.15) is 4.98 Å². The molecule has 0 saturated carbocycles. The van der Waals surface area contributed by atoms with Crippen LogP contribution in [0.5, 0.6) is 11.5 Å². The van der Waals surface area contributed by atoms with Crippen molar-refractivity contribution in [2.24, 2.45) is 0 Å². The Balaban J connectivity index is 2.13. The maximum Gasteiger partial charge on any atom is 0.228 e. The van der Waals surface area contributed by atoms with Gasteiger partial charge in [-0.3, -0.25) is 0 Å². The van der Waals surface area contributed by atoms with Gasteiger partial charge in [0.2, 0.25) is 11.7 Å². The summed E-state index contributed by atoms with van der Waals surface area (Å²) >= 11 is 0. The summed E-state index contributed by atoms with van der Waals surface area (Å²) in [6.07, 6.45) is 0.691. The highest BCUT2D eigenvalue weighted by molar-refractivity contribution is 5.60. The fourth-order valence-corrected chi connectivity index (χ4v) is 1.66. The lowest BCUT2D eigenvalue weighted by atomic mass is 10.2. The Morgan fingerprint density at radius 3 is 3.00 bits per heavy atom. The van der Waals surface area contributed by atoms with Crippen molar-refractivity contribution in [3.8, 4) is 22.9 Å². The molecule has 0 spiro atoms. The smallest absolute Gasteiger partial charge is 0.228 e. The summed E-state index contributed by atoms with van der Waals surface area (Å²) in [5.74, 6) is 1.55. The van der Waals surface area contributed by atoms with Crippen LogP contribution < -0.4 is 10.1 Å². The molecule has 1 aromatic carbocycles. The molecule has 0 aliphatic carbocycles. The highest BCUT2D eigenvalue weighted by Gasteiger charge is 2.11. The number of nitrogens with one attached hydrogen (secondary N) is 1. The van der Waals surface area contributed by atoms with Crippen molar-refractivity contribution in [2.45, 2.75) is 13.3 Å². The first-order valence-electron chi connectivity index (χ1n) is 6.15. The fourth-order valence-electron chi connectivity index (χ4n) is 1.66. The lowest BCUT2D eigenvalue weighted by Crippen LogP contribution is -2.16. The van der Waals surface area contributed by atoms with Gasteiger partial charge in [0.25, 0.3) is 0 Å². The third-order valence-corrected chi connectivity index (χ3v) is 2.67. The van der Waals surface area contributed by atoms with Crippen molar-refractivity contribution in [3.05, 3.63) is 24.1 Å².